The second-order valence-corrected chi connectivity index (χ2v) is 10.1. The van der Waals surface area contributed by atoms with Crippen LogP contribution in [0.1, 0.15) is 35.4 Å². The third kappa shape index (κ3) is 5.38. The largest absolute Gasteiger partial charge is 0.455 e. The van der Waals surface area contributed by atoms with Crippen molar-refractivity contribution in [2.45, 2.75) is 33.2 Å². The standard InChI is InChI=1S/C29H33N7O2/c1-18-13-21(9-11-24(18)38-22-10-8-20(3)30-14-22)33-28-27-26-19(2)15-36(25(37)7-6-12-35(4)5)16-23(26)34-29(27)32-17-31-28/h6-11,13-14,17,19H,12,15-16H2,1-5H3,(H2,31,32,33,34)/b7-6+. The van der Waals surface area contributed by atoms with Crippen molar-refractivity contribution >= 4 is 28.4 Å². The molecule has 1 aliphatic heterocycles. The van der Waals surface area contributed by atoms with Gasteiger partial charge in [0.2, 0.25) is 5.91 Å². The van der Waals surface area contributed by atoms with E-state index >= 15 is 0 Å². The Morgan fingerprint density at radius 3 is 2.79 bits per heavy atom. The molecule has 1 unspecified atom stereocenters. The maximum absolute atomic E-state index is 12.8. The maximum Gasteiger partial charge on any atom is 0.246 e. The summed E-state index contributed by atoms with van der Waals surface area (Å²) < 4.78 is 6.02. The summed E-state index contributed by atoms with van der Waals surface area (Å²) in [6.07, 6.45) is 6.85. The number of carbonyl (C=O) groups is 1. The van der Waals surface area contributed by atoms with Crippen molar-refractivity contribution < 1.29 is 9.53 Å². The quantitative estimate of drug-likeness (QED) is 0.334. The second-order valence-electron chi connectivity index (χ2n) is 10.1. The van der Waals surface area contributed by atoms with Crippen LogP contribution < -0.4 is 10.1 Å². The average molecular weight is 512 g/mol. The summed E-state index contributed by atoms with van der Waals surface area (Å²) in [6.45, 7) is 7.98. The predicted octanol–water partition coefficient (Wildman–Crippen LogP) is 5.07. The summed E-state index contributed by atoms with van der Waals surface area (Å²) in [5.41, 5.74) is 5.76. The number of H-pyrrole nitrogens is 1. The predicted molar refractivity (Wildman–Crippen MR) is 149 cm³/mol. The normalized spacial score (nSPS) is 15.3. The highest BCUT2D eigenvalue weighted by Crippen LogP contribution is 2.38. The van der Waals surface area contributed by atoms with Gasteiger partial charge in [-0.3, -0.25) is 9.78 Å². The van der Waals surface area contributed by atoms with Crippen LogP contribution in [0.3, 0.4) is 0 Å². The number of fused-ring (bicyclic) bond motifs is 3. The van der Waals surface area contributed by atoms with E-state index in [4.69, 9.17) is 4.74 Å². The molecule has 0 aliphatic carbocycles. The van der Waals surface area contributed by atoms with E-state index in [-0.39, 0.29) is 11.8 Å². The fourth-order valence-electron chi connectivity index (χ4n) is 4.79. The minimum Gasteiger partial charge on any atom is -0.455 e. The second kappa shape index (κ2) is 10.6. The molecule has 5 rings (SSSR count). The molecule has 4 heterocycles. The van der Waals surface area contributed by atoms with Gasteiger partial charge in [0.15, 0.2) is 0 Å². The number of nitrogens with one attached hydrogen (secondary N) is 2. The monoisotopic (exact) mass is 511 g/mol. The van der Waals surface area contributed by atoms with Gasteiger partial charge in [0.25, 0.3) is 0 Å². The SMILES string of the molecule is Cc1ccc(Oc2ccc(Nc3ncnc4[nH]c5c(c34)C(C)CN(C(=O)/C=C/CN(C)C)C5)cc2C)cn1. The number of amides is 1. The van der Waals surface area contributed by atoms with Gasteiger partial charge >= 0.3 is 0 Å². The van der Waals surface area contributed by atoms with Gasteiger partial charge in [0, 0.05) is 42.2 Å². The van der Waals surface area contributed by atoms with Crippen molar-refractivity contribution in [1.29, 1.82) is 0 Å². The highest BCUT2D eigenvalue weighted by molar-refractivity contribution is 5.94. The number of ether oxygens (including phenoxy) is 1. The van der Waals surface area contributed by atoms with Crippen LogP contribution in [0.15, 0.2) is 55.0 Å². The number of benzene rings is 1. The minimum atomic E-state index is 0.0200. The molecule has 2 N–H and O–H groups in total. The smallest absolute Gasteiger partial charge is 0.246 e. The Morgan fingerprint density at radius 2 is 2.05 bits per heavy atom. The summed E-state index contributed by atoms with van der Waals surface area (Å²) in [5, 5.41) is 4.45. The molecule has 1 aromatic carbocycles. The van der Waals surface area contributed by atoms with E-state index in [0.29, 0.717) is 18.8 Å². The zero-order chi connectivity index (χ0) is 26.8. The Kier molecular flexibility index (Phi) is 7.11. The van der Waals surface area contributed by atoms with Gasteiger partial charge in [0.05, 0.1) is 18.1 Å². The number of nitrogens with zero attached hydrogens (tertiary/aromatic N) is 5. The van der Waals surface area contributed by atoms with Gasteiger partial charge < -0.3 is 24.8 Å². The molecule has 3 aromatic heterocycles. The first-order chi connectivity index (χ1) is 18.3. The first kappa shape index (κ1) is 25.4. The molecule has 0 bridgehead atoms. The van der Waals surface area contributed by atoms with Gasteiger partial charge in [-0.15, -0.1) is 0 Å². The van der Waals surface area contributed by atoms with Gasteiger partial charge in [-0.25, -0.2) is 9.97 Å². The van der Waals surface area contributed by atoms with Crippen LogP contribution in [-0.2, 0) is 11.3 Å². The number of anilines is 2. The molecule has 0 saturated heterocycles. The van der Waals surface area contributed by atoms with E-state index in [9.17, 15) is 4.79 Å². The molecule has 1 aliphatic rings. The van der Waals surface area contributed by atoms with E-state index in [1.165, 1.54) is 0 Å². The lowest BCUT2D eigenvalue weighted by atomic mass is 9.94. The van der Waals surface area contributed by atoms with Gasteiger partial charge in [0.1, 0.15) is 29.3 Å². The Labute approximate surface area is 222 Å². The van der Waals surface area contributed by atoms with E-state index in [2.05, 4.69) is 32.2 Å². The van der Waals surface area contributed by atoms with Gasteiger partial charge in [-0.2, -0.15) is 0 Å². The molecule has 9 nitrogen and oxygen atoms in total. The zero-order valence-electron chi connectivity index (χ0n) is 22.4. The molecule has 0 fully saturated rings. The molecular weight excluding hydrogens is 478 g/mol. The lowest BCUT2D eigenvalue weighted by Crippen LogP contribution is -2.36. The van der Waals surface area contributed by atoms with Crippen LogP contribution in [-0.4, -0.2) is 62.8 Å². The van der Waals surface area contributed by atoms with Crippen LogP contribution >= 0.6 is 0 Å². The zero-order valence-corrected chi connectivity index (χ0v) is 22.4. The van der Waals surface area contributed by atoms with Crippen molar-refractivity contribution in [2.24, 2.45) is 0 Å². The molecule has 4 aromatic rings. The Morgan fingerprint density at radius 1 is 1.21 bits per heavy atom. The molecule has 9 heteroatoms. The molecular formula is C29H33N7O2. The lowest BCUT2D eigenvalue weighted by Gasteiger charge is -2.30. The van der Waals surface area contributed by atoms with Crippen molar-refractivity contribution in [2.75, 3.05) is 32.5 Å². The van der Waals surface area contributed by atoms with Crippen molar-refractivity contribution in [3.63, 3.8) is 0 Å². The number of hydrogen-bond donors (Lipinski definition) is 2. The van der Waals surface area contributed by atoms with Crippen LogP contribution in [0.5, 0.6) is 11.5 Å². The Bertz CT molecular complexity index is 1490. The van der Waals surface area contributed by atoms with Crippen LogP contribution in [0, 0.1) is 13.8 Å². The number of likely N-dealkylation sites (N-methyl/N-ethyl adjacent to an activating group) is 1. The number of hydrogen-bond acceptors (Lipinski definition) is 7. The molecule has 0 radical (unpaired) electrons. The fraction of sp³-hybridized carbons (Fsp3) is 0.310. The van der Waals surface area contributed by atoms with E-state index in [1.807, 2.05) is 74.2 Å². The van der Waals surface area contributed by atoms with E-state index in [1.54, 1.807) is 18.6 Å². The summed E-state index contributed by atoms with van der Waals surface area (Å²) >= 11 is 0. The summed E-state index contributed by atoms with van der Waals surface area (Å²) in [4.78, 5) is 33.5. The molecule has 38 heavy (non-hydrogen) atoms. The highest BCUT2D eigenvalue weighted by Gasteiger charge is 2.30. The third-order valence-electron chi connectivity index (χ3n) is 6.64. The summed E-state index contributed by atoms with van der Waals surface area (Å²) in [5.74, 6) is 2.36. The number of aromatic amines is 1. The maximum atomic E-state index is 12.8. The number of rotatable bonds is 7. The molecule has 1 amide bonds. The number of aryl methyl sites for hydroxylation is 2. The van der Waals surface area contributed by atoms with E-state index in [0.717, 1.165) is 57.3 Å². The third-order valence-corrected chi connectivity index (χ3v) is 6.64. The minimum absolute atomic E-state index is 0.0200. The average Bonchev–Trinajstić information content (AvgIpc) is 3.27. The van der Waals surface area contributed by atoms with Gasteiger partial charge in [-0.05, 0) is 69.4 Å². The highest BCUT2D eigenvalue weighted by atomic mass is 16.5. The summed E-state index contributed by atoms with van der Waals surface area (Å²) in [6, 6.07) is 9.79. The van der Waals surface area contributed by atoms with Crippen LogP contribution in [0.4, 0.5) is 11.5 Å². The van der Waals surface area contributed by atoms with E-state index < -0.39 is 0 Å². The van der Waals surface area contributed by atoms with Gasteiger partial charge in [-0.1, -0.05) is 13.0 Å². The van der Waals surface area contributed by atoms with Crippen molar-refractivity contribution in [3.05, 3.63) is 77.5 Å². The van der Waals surface area contributed by atoms with Crippen molar-refractivity contribution in [3.8, 4) is 11.5 Å². The number of carbonyl (C=O) groups excluding carboxylic acids is 1. The summed E-state index contributed by atoms with van der Waals surface area (Å²) in [7, 11) is 3.96. The fourth-order valence-corrected chi connectivity index (χ4v) is 4.79. The number of aromatic nitrogens is 4. The molecule has 196 valence electrons. The first-order valence-corrected chi connectivity index (χ1v) is 12.7. The Balaban J connectivity index is 1.38. The number of pyridine rings is 1. The topological polar surface area (TPSA) is 99.3 Å². The molecule has 0 saturated carbocycles. The Hall–Kier alpha value is -4.24. The van der Waals surface area contributed by atoms with Crippen LogP contribution in [0.2, 0.25) is 0 Å². The molecule has 1 atom stereocenters. The first-order valence-electron chi connectivity index (χ1n) is 12.7. The van der Waals surface area contributed by atoms with Crippen molar-refractivity contribution in [1.82, 2.24) is 29.7 Å². The van der Waals surface area contributed by atoms with Crippen LogP contribution in [0.25, 0.3) is 11.0 Å². The molecule has 0 spiro atoms. The lowest BCUT2D eigenvalue weighted by molar-refractivity contribution is -0.127.